The minimum Gasteiger partial charge on any atom is -0.301 e. The first-order chi connectivity index (χ1) is 8.56. The Kier molecular flexibility index (Phi) is 4.63. The van der Waals surface area contributed by atoms with Gasteiger partial charge in [0.2, 0.25) is 0 Å². The Morgan fingerprint density at radius 2 is 2.28 bits per heavy atom. The molecule has 0 bridgehead atoms. The predicted molar refractivity (Wildman–Crippen MR) is 74.6 cm³/mol. The summed E-state index contributed by atoms with van der Waals surface area (Å²) in [5.41, 5.74) is 1.69. The molecule has 1 nitrogen and oxygen atoms in total. The summed E-state index contributed by atoms with van der Waals surface area (Å²) in [7, 11) is 0. The molecular weight excluding hydrogens is 249 g/mol. The molecule has 18 heavy (non-hydrogen) atoms. The van der Waals surface area contributed by atoms with E-state index in [4.69, 9.17) is 11.6 Å². The van der Waals surface area contributed by atoms with Crippen molar-refractivity contribution < 1.29 is 4.39 Å². The average molecular weight is 270 g/mol. The van der Waals surface area contributed by atoms with E-state index in [2.05, 4.69) is 11.8 Å². The second-order valence-corrected chi connectivity index (χ2v) is 6.01. The molecule has 1 aliphatic rings. The Labute approximate surface area is 114 Å². The highest BCUT2D eigenvalue weighted by molar-refractivity contribution is 6.21. The molecule has 1 heterocycles. The number of likely N-dealkylation sites (tertiary alicyclic amines) is 1. The number of alkyl halides is 1. The summed E-state index contributed by atoms with van der Waals surface area (Å²) in [6, 6.07) is 5.17. The number of piperidine rings is 1. The molecule has 1 fully saturated rings. The second-order valence-electron chi connectivity index (χ2n) is 5.48. The monoisotopic (exact) mass is 269 g/mol. The average Bonchev–Trinajstić information content (AvgIpc) is 2.32. The molecule has 0 radical (unpaired) electrons. The van der Waals surface area contributed by atoms with E-state index >= 15 is 0 Å². The highest BCUT2D eigenvalue weighted by atomic mass is 35.5. The van der Waals surface area contributed by atoms with Gasteiger partial charge in [-0.3, -0.25) is 0 Å². The van der Waals surface area contributed by atoms with E-state index in [1.54, 1.807) is 13.0 Å². The SMILES string of the molecule is Cc1cc(C(Cl)CN2CCCC(C)C2)ccc1F. The molecular formula is C15H21ClFN. The van der Waals surface area contributed by atoms with Gasteiger partial charge in [-0.25, -0.2) is 4.39 Å². The molecule has 1 aliphatic heterocycles. The third kappa shape index (κ3) is 3.46. The number of nitrogens with zero attached hydrogens (tertiary/aromatic N) is 1. The van der Waals surface area contributed by atoms with Crippen molar-refractivity contribution in [2.45, 2.75) is 32.1 Å². The molecule has 0 amide bonds. The van der Waals surface area contributed by atoms with E-state index in [0.717, 1.165) is 31.1 Å². The van der Waals surface area contributed by atoms with Gasteiger partial charge in [-0.15, -0.1) is 11.6 Å². The van der Waals surface area contributed by atoms with Gasteiger partial charge in [0.05, 0.1) is 5.38 Å². The molecule has 3 heteroatoms. The number of rotatable bonds is 3. The highest BCUT2D eigenvalue weighted by Gasteiger charge is 2.20. The summed E-state index contributed by atoms with van der Waals surface area (Å²) in [6.45, 7) is 7.19. The lowest BCUT2D eigenvalue weighted by Crippen LogP contribution is -2.36. The largest absolute Gasteiger partial charge is 0.301 e. The third-order valence-corrected chi connectivity index (χ3v) is 4.09. The summed E-state index contributed by atoms with van der Waals surface area (Å²) in [5.74, 6) is 0.604. The molecule has 2 atom stereocenters. The van der Waals surface area contributed by atoms with Crippen LogP contribution in [-0.2, 0) is 0 Å². The number of benzene rings is 1. The normalized spacial score (nSPS) is 23.0. The van der Waals surface area contributed by atoms with Crippen LogP contribution in [0.1, 0.15) is 36.3 Å². The van der Waals surface area contributed by atoms with Crippen LogP contribution >= 0.6 is 11.6 Å². The molecule has 2 unspecified atom stereocenters. The molecule has 2 rings (SSSR count). The molecule has 1 saturated heterocycles. The molecule has 1 aromatic carbocycles. The van der Waals surface area contributed by atoms with E-state index in [0.29, 0.717) is 5.56 Å². The van der Waals surface area contributed by atoms with E-state index in [9.17, 15) is 4.39 Å². The van der Waals surface area contributed by atoms with Gasteiger partial charge in [-0.1, -0.05) is 19.1 Å². The van der Waals surface area contributed by atoms with Gasteiger partial charge in [0.1, 0.15) is 5.82 Å². The van der Waals surface area contributed by atoms with Crippen molar-refractivity contribution in [2.75, 3.05) is 19.6 Å². The molecule has 0 N–H and O–H groups in total. The minimum atomic E-state index is -0.158. The van der Waals surface area contributed by atoms with Crippen LogP contribution in [-0.4, -0.2) is 24.5 Å². The lowest BCUT2D eigenvalue weighted by atomic mass is 9.99. The molecule has 0 spiro atoms. The van der Waals surface area contributed by atoms with Gasteiger partial charge in [0.25, 0.3) is 0 Å². The topological polar surface area (TPSA) is 3.24 Å². The fraction of sp³-hybridized carbons (Fsp3) is 0.600. The maximum Gasteiger partial charge on any atom is 0.126 e. The summed E-state index contributed by atoms with van der Waals surface area (Å²) in [5, 5.41) is -0.0467. The molecule has 0 aliphatic carbocycles. The van der Waals surface area contributed by atoms with E-state index < -0.39 is 0 Å². The minimum absolute atomic E-state index is 0.0467. The maximum atomic E-state index is 13.2. The van der Waals surface area contributed by atoms with Crippen molar-refractivity contribution in [2.24, 2.45) is 5.92 Å². The Hall–Kier alpha value is -0.600. The highest BCUT2D eigenvalue weighted by Crippen LogP contribution is 2.25. The molecule has 0 aromatic heterocycles. The summed E-state index contributed by atoms with van der Waals surface area (Å²) < 4.78 is 13.2. The smallest absolute Gasteiger partial charge is 0.126 e. The summed E-state index contributed by atoms with van der Waals surface area (Å²) in [6.07, 6.45) is 2.58. The van der Waals surface area contributed by atoms with Crippen LogP contribution in [0.4, 0.5) is 4.39 Å². The molecule has 1 aromatic rings. The van der Waals surface area contributed by atoms with E-state index in [1.807, 2.05) is 6.07 Å². The van der Waals surface area contributed by atoms with Crippen LogP contribution in [0.5, 0.6) is 0 Å². The second kappa shape index (κ2) is 6.03. The Bertz CT molecular complexity index is 407. The van der Waals surface area contributed by atoms with E-state index in [-0.39, 0.29) is 11.2 Å². The Morgan fingerprint density at radius 3 is 2.94 bits per heavy atom. The van der Waals surface area contributed by atoms with Crippen molar-refractivity contribution in [3.63, 3.8) is 0 Å². The lowest BCUT2D eigenvalue weighted by molar-refractivity contribution is 0.184. The van der Waals surface area contributed by atoms with Gasteiger partial charge in [0, 0.05) is 13.1 Å². The quantitative estimate of drug-likeness (QED) is 0.746. The fourth-order valence-corrected chi connectivity index (χ4v) is 2.98. The van der Waals surface area contributed by atoms with Gasteiger partial charge in [-0.2, -0.15) is 0 Å². The van der Waals surface area contributed by atoms with Crippen molar-refractivity contribution in [1.82, 2.24) is 4.90 Å². The Balaban J connectivity index is 1.98. The predicted octanol–water partition coefficient (Wildman–Crippen LogP) is 4.15. The van der Waals surface area contributed by atoms with Crippen LogP contribution in [0.3, 0.4) is 0 Å². The van der Waals surface area contributed by atoms with Gasteiger partial charge in [-0.05, 0) is 49.4 Å². The molecule has 100 valence electrons. The van der Waals surface area contributed by atoms with Gasteiger partial charge < -0.3 is 4.90 Å². The number of halogens is 2. The first-order valence-electron chi connectivity index (χ1n) is 6.68. The van der Waals surface area contributed by atoms with Crippen molar-refractivity contribution >= 4 is 11.6 Å². The summed E-state index contributed by atoms with van der Waals surface area (Å²) >= 11 is 6.45. The van der Waals surface area contributed by atoms with Crippen molar-refractivity contribution in [3.05, 3.63) is 35.1 Å². The number of hydrogen-bond acceptors (Lipinski definition) is 1. The summed E-state index contributed by atoms with van der Waals surface area (Å²) in [4.78, 5) is 2.42. The zero-order valence-electron chi connectivity index (χ0n) is 11.1. The number of hydrogen-bond donors (Lipinski definition) is 0. The number of aryl methyl sites for hydroxylation is 1. The van der Waals surface area contributed by atoms with Crippen LogP contribution in [0.15, 0.2) is 18.2 Å². The Morgan fingerprint density at radius 1 is 1.50 bits per heavy atom. The van der Waals surface area contributed by atoms with Crippen LogP contribution in [0.25, 0.3) is 0 Å². The van der Waals surface area contributed by atoms with Crippen LogP contribution in [0.2, 0.25) is 0 Å². The lowest BCUT2D eigenvalue weighted by Gasteiger charge is -2.32. The zero-order chi connectivity index (χ0) is 13.1. The zero-order valence-corrected chi connectivity index (χ0v) is 11.9. The standard InChI is InChI=1S/C15H21ClFN/c1-11-4-3-7-18(9-11)10-14(16)13-5-6-15(17)12(2)8-13/h5-6,8,11,14H,3-4,7,9-10H2,1-2H3. The third-order valence-electron chi connectivity index (χ3n) is 3.70. The van der Waals surface area contributed by atoms with Crippen LogP contribution < -0.4 is 0 Å². The van der Waals surface area contributed by atoms with Crippen molar-refractivity contribution in [1.29, 1.82) is 0 Å². The van der Waals surface area contributed by atoms with Gasteiger partial charge in [0.15, 0.2) is 0 Å². The van der Waals surface area contributed by atoms with Gasteiger partial charge >= 0.3 is 0 Å². The molecule has 0 saturated carbocycles. The fourth-order valence-electron chi connectivity index (χ4n) is 2.65. The first-order valence-corrected chi connectivity index (χ1v) is 7.12. The van der Waals surface area contributed by atoms with E-state index in [1.165, 1.54) is 18.9 Å². The van der Waals surface area contributed by atoms with Crippen molar-refractivity contribution in [3.8, 4) is 0 Å². The van der Waals surface area contributed by atoms with Crippen LogP contribution in [0, 0.1) is 18.7 Å². The maximum absolute atomic E-state index is 13.2. The first kappa shape index (κ1) is 13.8.